The molecule has 0 amide bonds. The van der Waals surface area contributed by atoms with E-state index in [9.17, 15) is 13.2 Å². The maximum Gasteiger partial charge on any atom is 0.416 e. The molecule has 3 aromatic carbocycles. The Morgan fingerprint density at radius 2 is 1.60 bits per heavy atom. The Balaban J connectivity index is 1.54. The van der Waals surface area contributed by atoms with Crippen LogP contribution < -0.4 is 0 Å². The van der Waals surface area contributed by atoms with Crippen LogP contribution in [0.5, 0.6) is 0 Å². The number of rotatable bonds is 6. The van der Waals surface area contributed by atoms with Gasteiger partial charge in [0.05, 0.1) is 28.2 Å². The fourth-order valence-corrected chi connectivity index (χ4v) is 6.62. The van der Waals surface area contributed by atoms with E-state index in [2.05, 4.69) is 91.8 Å². The van der Waals surface area contributed by atoms with Crippen molar-refractivity contribution in [2.24, 2.45) is 0 Å². The summed E-state index contributed by atoms with van der Waals surface area (Å²) in [7, 11) is 0. The molecule has 0 saturated carbocycles. The number of nitrogens with zero attached hydrogens (tertiary/aromatic N) is 3. The molecule has 3 heterocycles. The van der Waals surface area contributed by atoms with Gasteiger partial charge in [0.1, 0.15) is 0 Å². The highest BCUT2D eigenvalue weighted by atomic mass is 19.4. The molecule has 6 rings (SSSR count). The van der Waals surface area contributed by atoms with Gasteiger partial charge in [0.15, 0.2) is 0 Å². The zero-order valence-corrected chi connectivity index (χ0v) is 25.1. The normalized spacial score (nSPS) is 15.1. The first kappa shape index (κ1) is 28.3. The Kier molecular flexibility index (Phi) is 6.84. The van der Waals surface area contributed by atoms with Crippen molar-refractivity contribution in [2.75, 3.05) is 0 Å². The van der Waals surface area contributed by atoms with Gasteiger partial charge < -0.3 is 4.98 Å². The number of para-hydroxylation sites is 1. The Labute approximate surface area is 245 Å². The highest BCUT2D eigenvalue weighted by Gasteiger charge is 2.43. The summed E-state index contributed by atoms with van der Waals surface area (Å²) in [5.74, 6) is 0. The van der Waals surface area contributed by atoms with E-state index in [1.165, 1.54) is 39.8 Å². The molecule has 0 radical (unpaired) electrons. The number of aromatic amines is 1. The summed E-state index contributed by atoms with van der Waals surface area (Å²) in [6, 6.07) is 17.0. The number of H-pyrrole nitrogens is 1. The number of aromatic nitrogens is 3. The van der Waals surface area contributed by atoms with Crippen LogP contribution in [0.4, 0.5) is 13.2 Å². The van der Waals surface area contributed by atoms with E-state index >= 15 is 0 Å². The van der Waals surface area contributed by atoms with Gasteiger partial charge in [-0.05, 0) is 86.6 Å². The Hall–Kier alpha value is -3.84. The van der Waals surface area contributed by atoms with E-state index in [-0.39, 0.29) is 0 Å². The monoisotopic (exact) mass is 570 g/mol. The molecule has 0 fully saturated rings. The van der Waals surface area contributed by atoms with E-state index in [4.69, 9.17) is 5.10 Å². The average molecular weight is 571 g/mol. The van der Waals surface area contributed by atoms with Gasteiger partial charge in [-0.1, -0.05) is 50.2 Å². The van der Waals surface area contributed by atoms with Crippen molar-refractivity contribution in [3.8, 4) is 16.9 Å². The molecular formula is C35H37F3N4. The van der Waals surface area contributed by atoms with Crippen molar-refractivity contribution in [1.82, 2.24) is 19.7 Å². The molecule has 5 aromatic rings. The standard InChI is InChI=1S/C35H37F3N4/c1-7-23-11-9-12-24(8-2)31(23)42-32(27-13-10-14-29-30(27)22(4)18-39-29)28-20-41(34(5,6)33(28)40-42)19-25-15-16-26(17-21(25)3)35(36,37)38/h9-18,39H,7-8,19-20H2,1-6H3. The van der Waals surface area contributed by atoms with Crippen LogP contribution in [0.3, 0.4) is 0 Å². The van der Waals surface area contributed by atoms with Gasteiger partial charge >= 0.3 is 6.18 Å². The molecule has 1 aliphatic rings. The van der Waals surface area contributed by atoms with Gasteiger partial charge in [0.2, 0.25) is 0 Å². The summed E-state index contributed by atoms with van der Waals surface area (Å²) in [5, 5.41) is 6.59. The van der Waals surface area contributed by atoms with E-state index in [1.807, 2.05) is 0 Å². The third-order valence-electron chi connectivity index (χ3n) is 9.07. The first-order chi connectivity index (χ1) is 20.0. The molecule has 0 unspecified atom stereocenters. The lowest BCUT2D eigenvalue weighted by Gasteiger charge is -2.32. The maximum absolute atomic E-state index is 13.3. The van der Waals surface area contributed by atoms with Gasteiger partial charge in [-0.3, -0.25) is 4.90 Å². The Morgan fingerprint density at radius 3 is 2.24 bits per heavy atom. The third kappa shape index (κ3) is 4.46. The van der Waals surface area contributed by atoms with Crippen LogP contribution in [0.25, 0.3) is 27.8 Å². The van der Waals surface area contributed by atoms with Crippen LogP contribution in [0.2, 0.25) is 0 Å². The quantitative estimate of drug-likeness (QED) is 0.221. The molecule has 0 saturated heterocycles. The largest absolute Gasteiger partial charge is 0.416 e. The minimum atomic E-state index is -4.35. The number of benzene rings is 3. The minimum absolute atomic E-state index is 0.431. The number of hydrogen-bond acceptors (Lipinski definition) is 2. The predicted octanol–water partition coefficient (Wildman–Crippen LogP) is 9.03. The topological polar surface area (TPSA) is 36.9 Å². The lowest BCUT2D eigenvalue weighted by atomic mass is 9.96. The summed E-state index contributed by atoms with van der Waals surface area (Å²) < 4.78 is 42.2. The number of aryl methyl sites for hydroxylation is 4. The zero-order valence-electron chi connectivity index (χ0n) is 25.1. The number of alkyl halides is 3. The summed E-state index contributed by atoms with van der Waals surface area (Å²) in [6.07, 6.45) is -0.517. The summed E-state index contributed by atoms with van der Waals surface area (Å²) >= 11 is 0. The lowest BCUT2D eigenvalue weighted by Crippen LogP contribution is -2.36. The molecule has 0 atom stereocenters. The lowest BCUT2D eigenvalue weighted by molar-refractivity contribution is -0.137. The second-order valence-corrected chi connectivity index (χ2v) is 12.0. The second kappa shape index (κ2) is 10.2. The molecule has 42 heavy (non-hydrogen) atoms. The number of nitrogens with one attached hydrogen (secondary N) is 1. The smallest absolute Gasteiger partial charge is 0.361 e. The summed E-state index contributed by atoms with van der Waals surface area (Å²) in [5.41, 5.74) is 10.8. The highest BCUT2D eigenvalue weighted by Crippen LogP contribution is 2.46. The SMILES string of the molecule is CCc1cccc(CC)c1-n1nc2c(c1-c1cccc3[nH]cc(C)c13)CN(Cc1ccc(C(F)(F)F)cc1C)C2(C)C. The average Bonchev–Trinajstić information content (AvgIpc) is 3.59. The van der Waals surface area contributed by atoms with Crippen LogP contribution in [0.15, 0.2) is 60.8 Å². The fourth-order valence-electron chi connectivity index (χ4n) is 6.62. The predicted molar refractivity (Wildman–Crippen MR) is 163 cm³/mol. The van der Waals surface area contributed by atoms with Crippen LogP contribution in [0.1, 0.15) is 72.3 Å². The molecule has 1 aliphatic heterocycles. The Bertz CT molecular complexity index is 1780. The molecule has 0 bridgehead atoms. The molecule has 0 spiro atoms. The van der Waals surface area contributed by atoms with E-state index in [1.54, 1.807) is 13.0 Å². The molecule has 218 valence electrons. The second-order valence-electron chi connectivity index (χ2n) is 12.0. The van der Waals surface area contributed by atoms with Crippen LogP contribution >= 0.6 is 0 Å². The molecule has 7 heteroatoms. The first-order valence-corrected chi connectivity index (χ1v) is 14.7. The van der Waals surface area contributed by atoms with Gasteiger partial charge in [-0.25, -0.2) is 4.68 Å². The summed E-state index contributed by atoms with van der Waals surface area (Å²) in [4.78, 5) is 5.76. The van der Waals surface area contributed by atoms with Crippen molar-refractivity contribution < 1.29 is 13.2 Å². The zero-order chi connectivity index (χ0) is 30.0. The third-order valence-corrected chi connectivity index (χ3v) is 9.07. The van der Waals surface area contributed by atoms with Crippen molar-refractivity contribution in [3.05, 3.63) is 105 Å². The van der Waals surface area contributed by atoms with E-state index in [0.717, 1.165) is 46.6 Å². The summed E-state index contributed by atoms with van der Waals surface area (Å²) in [6.45, 7) is 13.8. The molecule has 1 N–H and O–H groups in total. The van der Waals surface area contributed by atoms with Gasteiger partial charge in [-0.15, -0.1) is 0 Å². The first-order valence-electron chi connectivity index (χ1n) is 14.7. The van der Waals surface area contributed by atoms with Crippen LogP contribution in [-0.4, -0.2) is 19.7 Å². The fraction of sp³-hybridized carbons (Fsp3) is 0.343. The maximum atomic E-state index is 13.3. The van der Waals surface area contributed by atoms with Crippen molar-refractivity contribution in [1.29, 1.82) is 0 Å². The van der Waals surface area contributed by atoms with E-state index < -0.39 is 17.3 Å². The number of halogens is 3. The van der Waals surface area contributed by atoms with E-state index in [0.29, 0.717) is 18.7 Å². The van der Waals surface area contributed by atoms with Gasteiger partial charge in [-0.2, -0.15) is 18.3 Å². The van der Waals surface area contributed by atoms with Gasteiger partial charge in [0.25, 0.3) is 0 Å². The number of fused-ring (bicyclic) bond motifs is 2. The van der Waals surface area contributed by atoms with Crippen molar-refractivity contribution in [3.63, 3.8) is 0 Å². The molecule has 4 nitrogen and oxygen atoms in total. The van der Waals surface area contributed by atoms with Crippen LogP contribution in [-0.2, 0) is 37.6 Å². The molecule has 2 aromatic heterocycles. The van der Waals surface area contributed by atoms with Crippen LogP contribution in [0, 0.1) is 13.8 Å². The van der Waals surface area contributed by atoms with Gasteiger partial charge in [0, 0.05) is 41.3 Å². The molecular weight excluding hydrogens is 533 g/mol. The molecule has 0 aliphatic carbocycles. The van der Waals surface area contributed by atoms with Crippen molar-refractivity contribution in [2.45, 2.75) is 79.2 Å². The highest BCUT2D eigenvalue weighted by molar-refractivity contribution is 5.98. The minimum Gasteiger partial charge on any atom is -0.361 e. The van der Waals surface area contributed by atoms with Crippen molar-refractivity contribution >= 4 is 10.9 Å². The number of hydrogen-bond donors (Lipinski definition) is 1. The Morgan fingerprint density at radius 1 is 0.905 bits per heavy atom.